The highest BCUT2D eigenvalue weighted by molar-refractivity contribution is 5.87. The molecular formula is C10H15N3O6. The molecule has 0 bridgehead atoms. The summed E-state index contributed by atoms with van der Waals surface area (Å²) in [5.41, 5.74) is 5.57. The molecule has 4 atom stereocenters. The zero-order valence-corrected chi connectivity index (χ0v) is 10.1. The van der Waals surface area contributed by atoms with Crippen molar-refractivity contribution in [3.05, 3.63) is 11.9 Å². The van der Waals surface area contributed by atoms with Gasteiger partial charge in [0, 0.05) is 6.20 Å². The van der Waals surface area contributed by atoms with Gasteiger partial charge in [0.15, 0.2) is 11.9 Å². The minimum absolute atomic E-state index is 0.0438. The van der Waals surface area contributed by atoms with Crippen LogP contribution >= 0.6 is 0 Å². The van der Waals surface area contributed by atoms with Gasteiger partial charge in [0.1, 0.15) is 18.3 Å². The van der Waals surface area contributed by atoms with E-state index in [1.807, 2.05) is 0 Å². The van der Waals surface area contributed by atoms with Crippen LogP contribution in [0, 0.1) is 0 Å². The highest BCUT2D eigenvalue weighted by Crippen LogP contribution is 2.31. The van der Waals surface area contributed by atoms with Gasteiger partial charge in [-0.25, -0.2) is 9.78 Å². The molecule has 1 fully saturated rings. The van der Waals surface area contributed by atoms with Crippen molar-refractivity contribution in [3.63, 3.8) is 0 Å². The molecule has 0 spiro atoms. The molecule has 1 aromatic rings. The Morgan fingerprint density at radius 2 is 2.26 bits per heavy atom. The van der Waals surface area contributed by atoms with E-state index < -0.39 is 37.1 Å². The van der Waals surface area contributed by atoms with Gasteiger partial charge in [0.2, 0.25) is 5.95 Å². The number of carbonyl (C=O) groups excluding carboxylic acids is 1. The van der Waals surface area contributed by atoms with Crippen molar-refractivity contribution in [1.29, 1.82) is 0 Å². The zero-order chi connectivity index (χ0) is 14.2. The summed E-state index contributed by atoms with van der Waals surface area (Å²) >= 11 is 0. The summed E-state index contributed by atoms with van der Waals surface area (Å²) in [4.78, 5) is 15.1. The first-order valence-corrected chi connectivity index (χ1v) is 5.54. The van der Waals surface area contributed by atoms with E-state index in [4.69, 9.17) is 15.6 Å². The van der Waals surface area contributed by atoms with E-state index in [1.54, 1.807) is 0 Å². The number of hydrogen-bond acceptors (Lipinski definition) is 8. The molecule has 1 aromatic heterocycles. The topological polar surface area (TPSA) is 140 Å². The Labute approximate surface area is 108 Å². The lowest BCUT2D eigenvalue weighted by Crippen LogP contribution is -2.33. The van der Waals surface area contributed by atoms with Crippen molar-refractivity contribution in [2.75, 3.05) is 19.5 Å². The van der Waals surface area contributed by atoms with Gasteiger partial charge in [-0.1, -0.05) is 0 Å². The van der Waals surface area contributed by atoms with E-state index in [0.717, 1.165) is 0 Å². The normalized spacial score (nSPS) is 30.5. The van der Waals surface area contributed by atoms with Crippen LogP contribution in [0.5, 0.6) is 0 Å². The largest absolute Gasteiger partial charge is 0.464 e. The number of methoxy groups -OCH3 is 1. The number of hydrogen-bond donors (Lipinski definition) is 4. The summed E-state index contributed by atoms with van der Waals surface area (Å²) < 4.78 is 11.0. The Morgan fingerprint density at radius 3 is 2.79 bits per heavy atom. The van der Waals surface area contributed by atoms with Gasteiger partial charge < -0.3 is 30.5 Å². The molecule has 0 unspecified atom stereocenters. The van der Waals surface area contributed by atoms with Crippen molar-refractivity contribution in [2.24, 2.45) is 0 Å². The fourth-order valence-electron chi connectivity index (χ4n) is 1.92. The molecule has 0 aromatic carbocycles. The van der Waals surface area contributed by atoms with E-state index in [0.29, 0.717) is 0 Å². The quantitative estimate of drug-likeness (QED) is 0.457. The number of imidazole rings is 1. The smallest absolute Gasteiger partial charge is 0.358 e. The number of anilines is 1. The summed E-state index contributed by atoms with van der Waals surface area (Å²) in [6.07, 6.45) is -3.25. The average molecular weight is 273 g/mol. The van der Waals surface area contributed by atoms with Crippen LogP contribution in [0.2, 0.25) is 0 Å². The second kappa shape index (κ2) is 5.13. The molecule has 9 heteroatoms. The molecule has 19 heavy (non-hydrogen) atoms. The lowest BCUT2D eigenvalue weighted by molar-refractivity contribution is -0.0517. The molecule has 0 amide bonds. The molecule has 2 heterocycles. The molecule has 106 valence electrons. The van der Waals surface area contributed by atoms with Crippen molar-refractivity contribution in [3.8, 4) is 0 Å². The van der Waals surface area contributed by atoms with Crippen molar-refractivity contribution in [2.45, 2.75) is 24.5 Å². The lowest BCUT2D eigenvalue weighted by Gasteiger charge is -2.16. The van der Waals surface area contributed by atoms with Crippen molar-refractivity contribution in [1.82, 2.24) is 9.55 Å². The predicted octanol–water partition coefficient (Wildman–Crippen LogP) is -2.14. The maximum absolute atomic E-state index is 11.3. The number of nitrogen functional groups attached to an aromatic ring is 1. The first-order chi connectivity index (χ1) is 8.99. The molecular weight excluding hydrogens is 258 g/mol. The number of esters is 1. The van der Waals surface area contributed by atoms with Gasteiger partial charge >= 0.3 is 5.97 Å². The van der Waals surface area contributed by atoms with Gasteiger partial charge in [-0.2, -0.15) is 0 Å². The molecule has 1 aliphatic heterocycles. The first kappa shape index (κ1) is 13.7. The fraction of sp³-hybridized carbons (Fsp3) is 0.600. The minimum atomic E-state index is -1.29. The highest BCUT2D eigenvalue weighted by atomic mass is 16.6. The number of nitrogens with two attached hydrogens (primary N) is 1. The van der Waals surface area contributed by atoms with Crippen LogP contribution < -0.4 is 5.73 Å². The number of aliphatic hydroxyl groups is 3. The average Bonchev–Trinajstić information content (AvgIpc) is 2.91. The van der Waals surface area contributed by atoms with E-state index in [9.17, 15) is 15.0 Å². The molecule has 5 N–H and O–H groups in total. The van der Waals surface area contributed by atoms with E-state index in [1.165, 1.54) is 17.9 Å². The predicted molar refractivity (Wildman–Crippen MR) is 61.0 cm³/mol. The van der Waals surface area contributed by atoms with Crippen molar-refractivity contribution < 1.29 is 29.6 Å². The Kier molecular flexibility index (Phi) is 3.71. The van der Waals surface area contributed by atoms with E-state index in [2.05, 4.69) is 9.72 Å². The molecule has 9 nitrogen and oxygen atoms in total. The first-order valence-electron chi connectivity index (χ1n) is 5.54. The second-order valence-corrected chi connectivity index (χ2v) is 4.11. The summed E-state index contributed by atoms with van der Waals surface area (Å²) in [7, 11) is 1.20. The third kappa shape index (κ3) is 2.28. The van der Waals surface area contributed by atoms with E-state index in [-0.39, 0.29) is 11.6 Å². The van der Waals surface area contributed by atoms with Crippen LogP contribution in [0.15, 0.2) is 6.20 Å². The standard InChI is InChI=1S/C10H15N3O6/c1-18-9(17)4-2-13(10(11)12-4)8-7(16)6(15)5(3-14)19-8/h2,5-8,14-16H,3H2,1H3,(H2,11,12)/t5-,6-,7-,8-/m1/s1. The number of rotatable bonds is 3. The SMILES string of the molecule is COC(=O)c1cn([C@@H]2O[C@H](CO)[C@@H](O)[C@H]2O)c(N)n1. The number of aromatic nitrogens is 2. The third-order valence-electron chi connectivity index (χ3n) is 2.95. The number of aliphatic hydroxyl groups excluding tert-OH is 3. The summed E-state index contributed by atoms with van der Waals surface area (Å²) in [6, 6.07) is 0. The van der Waals surface area contributed by atoms with Gasteiger partial charge in [-0.15, -0.1) is 0 Å². The van der Waals surface area contributed by atoms with Crippen LogP contribution in [0.25, 0.3) is 0 Å². The van der Waals surface area contributed by atoms with Gasteiger partial charge in [0.05, 0.1) is 13.7 Å². The molecule has 2 rings (SSSR count). The molecule has 0 saturated carbocycles. The Bertz CT molecular complexity index is 476. The van der Waals surface area contributed by atoms with Gasteiger partial charge in [-0.05, 0) is 0 Å². The molecule has 1 saturated heterocycles. The zero-order valence-electron chi connectivity index (χ0n) is 10.1. The monoisotopic (exact) mass is 273 g/mol. The summed E-state index contributed by atoms with van der Waals surface area (Å²) in [6.45, 7) is -0.451. The van der Waals surface area contributed by atoms with Gasteiger partial charge in [-0.3, -0.25) is 4.57 Å². The van der Waals surface area contributed by atoms with Crippen LogP contribution in [0.1, 0.15) is 16.7 Å². The third-order valence-corrected chi connectivity index (χ3v) is 2.95. The fourth-order valence-corrected chi connectivity index (χ4v) is 1.92. The van der Waals surface area contributed by atoms with Gasteiger partial charge in [0.25, 0.3) is 0 Å². The molecule has 0 aliphatic carbocycles. The Balaban J connectivity index is 2.27. The van der Waals surface area contributed by atoms with Crippen LogP contribution in [-0.4, -0.2) is 62.9 Å². The number of nitrogens with zero attached hydrogens (tertiary/aromatic N) is 2. The van der Waals surface area contributed by atoms with E-state index >= 15 is 0 Å². The van der Waals surface area contributed by atoms with Crippen molar-refractivity contribution >= 4 is 11.9 Å². The number of carbonyl (C=O) groups is 1. The molecule has 0 radical (unpaired) electrons. The second-order valence-electron chi connectivity index (χ2n) is 4.11. The van der Waals surface area contributed by atoms with Crippen LogP contribution in [0.4, 0.5) is 5.95 Å². The minimum Gasteiger partial charge on any atom is -0.464 e. The summed E-state index contributed by atoms with van der Waals surface area (Å²) in [5.74, 6) is -0.757. The lowest BCUT2D eigenvalue weighted by atomic mass is 10.1. The maximum atomic E-state index is 11.3. The molecule has 1 aliphatic rings. The van der Waals surface area contributed by atoms with Crippen LogP contribution in [-0.2, 0) is 9.47 Å². The highest BCUT2D eigenvalue weighted by Gasteiger charge is 2.44. The Hall–Kier alpha value is -1.68. The maximum Gasteiger partial charge on any atom is 0.358 e. The number of ether oxygens (including phenoxy) is 2. The van der Waals surface area contributed by atoms with Crippen LogP contribution in [0.3, 0.4) is 0 Å². The Morgan fingerprint density at radius 1 is 1.58 bits per heavy atom. The summed E-state index contributed by atoms with van der Waals surface area (Å²) in [5, 5.41) is 28.5.